The molecule has 1 aliphatic heterocycles. The van der Waals surface area contributed by atoms with Gasteiger partial charge in [0.25, 0.3) is 0 Å². The van der Waals surface area contributed by atoms with Gasteiger partial charge < -0.3 is 14.2 Å². The van der Waals surface area contributed by atoms with Crippen LogP contribution in [0.1, 0.15) is 13.8 Å². The molecule has 0 unspecified atom stereocenters. The minimum absolute atomic E-state index is 0.0790. The topological polar surface area (TPSA) is 61.8 Å². The highest BCUT2D eigenvalue weighted by atomic mass is 32.2. The van der Waals surface area contributed by atoms with E-state index in [2.05, 4.69) is 0 Å². The van der Waals surface area contributed by atoms with Crippen LogP contribution in [0.25, 0.3) is 0 Å². The second-order valence-corrected chi connectivity index (χ2v) is 5.14. The van der Waals surface area contributed by atoms with Crippen molar-refractivity contribution in [3.8, 4) is 0 Å². The standard InChI is InChI=1S/C8H16O5S/c1-3-11-7-5-14(9,10)6-8(13-7)12-4-2/h7-8H,3-6H2,1-2H3/t7-,8-/m1/s1. The Morgan fingerprint density at radius 3 is 1.93 bits per heavy atom. The van der Waals surface area contributed by atoms with Crippen molar-refractivity contribution in [2.75, 3.05) is 24.7 Å². The summed E-state index contributed by atoms with van der Waals surface area (Å²) in [6.07, 6.45) is -1.37. The van der Waals surface area contributed by atoms with E-state index in [1.54, 1.807) is 13.8 Å². The number of rotatable bonds is 4. The first-order valence-corrected chi connectivity index (χ1v) is 6.48. The summed E-state index contributed by atoms with van der Waals surface area (Å²) in [5, 5.41) is 0. The molecule has 2 atom stereocenters. The van der Waals surface area contributed by atoms with Crippen molar-refractivity contribution < 1.29 is 22.6 Å². The summed E-state index contributed by atoms with van der Waals surface area (Å²) in [4.78, 5) is 0. The fourth-order valence-corrected chi connectivity index (χ4v) is 2.59. The fourth-order valence-electron chi connectivity index (χ4n) is 1.28. The average Bonchev–Trinajstić information content (AvgIpc) is 2.01. The number of hydrogen-bond donors (Lipinski definition) is 0. The van der Waals surface area contributed by atoms with Gasteiger partial charge in [0.1, 0.15) is 11.5 Å². The lowest BCUT2D eigenvalue weighted by molar-refractivity contribution is -0.230. The monoisotopic (exact) mass is 224 g/mol. The Morgan fingerprint density at radius 2 is 1.57 bits per heavy atom. The first-order chi connectivity index (χ1) is 6.57. The summed E-state index contributed by atoms with van der Waals surface area (Å²) in [6.45, 7) is 4.44. The molecule has 0 aromatic rings. The molecule has 0 aromatic carbocycles. The molecule has 84 valence electrons. The molecule has 6 heteroatoms. The van der Waals surface area contributed by atoms with Gasteiger partial charge in [-0.25, -0.2) is 8.42 Å². The van der Waals surface area contributed by atoms with Crippen LogP contribution in [0.3, 0.4) is 0 Å². The van der Waals surface area contributed by atoms with Crippen molar-refractivity contribution in [1.29, 1.82) is 0 Å². The molecular formula is C8H16O5S. The van der Waals surface area contributed by atoms with E-state index >= 15 is 0 Å². The van der Waals surface area contributed by atoms with Gasteiger partial charge in [-0.2, -0.15) is 0 Å². The summed E-state index contributed by atoms with van der Waals surface area (Å²) in [5.41, 5.74) is 0. The number of ether oxygens (including phenoxy) is 3. The minimum Gasteiger partial charge on any atom is -0.352 e. The van der Waals surface area contributed by atoms with Gasteiger partial charge in [0.05, 0.1) is 0 Å². The predicted molar refractivity (Wildman–Crippen MR) is 50.6 cm³/mol. The van der Waals surface area contributed by atoms with Crippen molar-refractivity contribution >= 4 is 9.84 Å². The summed E-state index contributed by atoms with van der Waals surface area (Å²) >= 11 is 0. The van der Waals surface area contributed by atoms with Gasteiger partial charge in [0, 0.05) is 13.2 Å². The first kappa shape index (κ1) is 11.9. The van der Waals surface area contributed by atoms with Crippen molar-refractivity contribution in [3.63, 3.8) is 0 Å². The Bertz CT molecular complexity index is 241. The highest BCUT2D eigenvalue weighted by molar-refractivity contribution is 7.91. The van der Waals surface area contributed by atoms with Gasteiger partial charge in [0.15, 0.2) is 22.4 Å². The summed E-state index contributed by atoms with van der Waals surface area (Å²) in [5.74, 6) is -0.158. The maximum atomic E-state index is 11.4. The van der Waals surface area contributed by atoms with Gasteiger partial charge in [-0.05, 0) is 13.8 Å². The summed E-state index contributed by atoms with van der Waals surface area (Å²) in [6, 6.07) is 0. The van der Waals surface area contributed by atoms with E-state index in [0.717, 1.165) is 0 Å². The molecule has 1 saturated heterocycles. The van der Waals surface area contributed by atoms with E-state index in [4.69, 9.17) is 14.2 Å². The quantitative estimate of drug-likeness (QED) is 0.680. The average molecular weight is 224 g/mol. The molecular weight excluding hydrogens is 208 g/mol. The van der Waals surface area contributed by atoms with Crippen LogP contribution in [0, 0.1) is 0 Å². The zero-order valence-corrected chi connectivity index (χ0v) is 9.25. The maximum absolute atomic E-state index is 11.4. The Hall–Kier alpha value is -0.170. The minimum atomic E-state index is -3.10. The molecule has 0 amide bonds. The van der Waals surface area contributed by atoms with E-state index < -0.39 is 22.4 Å². The van der Waals surface area contributed by atoms with E-state index in [0.29, 0.717) is 13.2 Å². The van der Waals surface area contributed by atoms with Gasteiger partial charge >= 0.3 is 0 Å². The molecule has 0 aromatic heterocycles. The van der Waals surface area contributed by atoms with Crippen LogP contribution in [0.2, 0.25) is 0 Å². The third-order valence-corrected chi connectivity index (χ3v) is 3.35. The molecule has 0 N–H and O–H groups in total. The van der Waals surface area contributed by atoms with Gasteiger partial charge in [-0.1, -0.05) is 0 Å². The largest absolute Gasteiger partial charge is 0.352 e. The molecule has 0 radical (unpaired) electrons. The van der Waals surface area contributed by atoms with E-state index in [1.165, 1.54) is 0 Å². The van der Waals surface area contributed by atoms with E-state index in [9.17, 15) is 8.42 Å². The second-order valence-electron chi connectivity index (χ2n) is 2.98. The molecule has 14 heavy (non-hydrogen) atoms. The van der Waals surface area contributed by atoms with Crippen molar-refractivity contribution in [2.45, 2.75) is 26.4 Å². The summed E-state index contributed by atoms with van der Waals surface area (Å²) < 4.78 is 38.3. The van der Waals surface area contributed by atoms with Crippen molar-refractivity contribution in [2.24, 2.45) is 0 Å². The lowest BCUT2D eigenvalue weighted by atomic mass is 10.6. The van der Waals surface area contributed by atoms with Crippen LogP contribution in [-0.2, 0) is 24.0 Å². The lowest BCUT2D eigenvalue weighted by Gasteiger charge is -2.28. The van der Waals surface area contributed by atoms with Gasteiger partial charge in [0.2, 0.25) is 0 Å². The Balaban J connectivity index is 2.57. The maximum Gasteiger partial charge on any atom is 0.174 e. The van der Waals surface area contributed by atoms with Crippen LogP contribution in [-0.4, -0.2) is 45.7 Å². The number of sulfone groups is 1. The van der Waals surface area contributed by atoms with Crippen molar-refractivity contribution in [1.82, 2.24) is 0 Å². The molecule has 1 rings (SSSR count). The summed E-state index contributed by atoms with van der Waals surface area (Å²) in [7, 11) is -3.10. The molecule has 0 aliphatic carbocycles. The van der Waals surface area contributed by atoms with Crippen LogP contribution >= 0.6 is 0 Å². The first-order valence-electron chi connectivity index (χ1n) is 4.66. The Kier molecular flexibility index (Phi) is 4.31. The highest BCUT2D eigenvalue weighted by Crippen LogP contribution is 2.15. The highest BCUT2D eigenvalue weighted by Gasteiger charge is 2.33. The van der Waals surface area contributed by atoms with E-state index in [1.807, 2.05) is 0 Å². The van der Waals surface area contributed by atoms with Crippen LogP contribution in [0.5, 0.6) is 0 Å². The molecule has 1 fully saturated rings. The predicted octanol–water partition coefficient (Wildman–Crippen LogP) is 0.157. The van der Waals surface area contributed by atoms with E-state index in [-0.39, 0.29) is 11.5 Å². The zero-order valence-electron chi connectivity index (χ0n) is 8.43. The molecule has 1 heterocycles. The van der Waals surface area contributed by atoms with Crippen LogP contribution in [0.15, 0.2) is 0 Å². The normalized spacial score (nSPS) is 31.6. The Morgan fingerprint density at radius 1 is 1.14 bits per heavy atom. The third-order valence-electron chi connectivity index (χ3n) is 1.79. The van der Waals surface area contributed by atoms with Gasteiger partial charge in [-0.15, -0.1) is 0 Å². The Labute approximate surface area is 84.3 Å². The molecule has 1 aliphatic rings. The molecule has 5 nitrogen and oxygen atoms in total. The second kappa shape index (κ2) is 5.06. The SMILES string of the molecule is CCO[C@H]1CS(=O)(=O)C[C@H](OCC)O1. The van der Waals surface area contributed by atoms with Gasteiger partial charge in [-0.3, -0.25) is 0 Å². The molecule has 0 bridgehead atoms. The van der Waals surface area contributed by atoms with Crippen LogP contribution in [0.4, 0.5) is 0 Å². The van der Waals surface area contributed by atoms with Crippen LogP contribution < -0.4 is 0 Å². The lowest BCUT2D eigenvalue weighted by Crippen LogP contribution is -2.43. The number of hydrogen-bond acceptors (Lipinski definition) is 5. The smallest absolute Gasteiger partial charge is 0.174 e. The third kappa shape index (κ3) is 3.53. The molecule has 0 saturated carbocycles. The molecule has 0 spiro atoms. The fraction of sp³-hybridized carbons (Fsp3) is 1.00. The van der Waals surface area contributed by atoms with Crippen molar-refractivity contribution in [3.05, 3.63) is 0 Å². The zero-order chi connectivity index (χ0) is 10.6.